The van der Waals surface area contributed by atoms with E-state index in [2.05, 4.69) is 27.9 Å². The Morgan fingerprint density at radius 3 is 2.35 bits per heavy atom. The number of carbonyl (C=O) groups is 1. The maximum absolute atomic E-state index is 13.3. The number of pyridine rings is 1. The summed E-state index contributed by atoms with van der Waals surface area (Å²) >= 11 is 0. The van der Waals surface area contributed by atoms with Gasteiger partial charge in [-0.1, -0.05) is 0 Å². The number of aromatic nitrogens is 1. The molecular formula is C20H27FN4O. The van der Waals surface area contributed by atoms with Crippen LogP contribution in [0, 0.1) is 26.6 Å². The molecule has 140 valence electrons. The first-order valence-electron chi connectivity index (χ1n) is 8.77. The van der Waals surface area contributed by atoms with E-state index in [0.717, 1.165) is 23.2 Å². The number of halogens is 1. The van der Waals surface area contributed by atoms with Crippen LogP contribution in [-0.4, -0.2) is 23.1 Å². The molecule has 0 spiro atoms. The third-order valence-electron chi connectivity index (χ3n) is 4.22. The van der Waals surface area contributed by atoms with Crippen LogP contribution in [0.3, 0.4) is 0 Å². The van der Waals surface area contributed by atoms with Crippen molar-refractivity contribution in [2.45, 2.75) is 53.1 Å². The van der Waals surface area contributed by atoms with Crippen LogP contribution in [0.1, 0.15) is 37.0 Å². The second kappa shape index (κ2) is 8.65. The van der Waals surface area contributed by atoms with Crippen molar-refractivity contribution in [3.8, 4) is 0 Å². The number of rotatable bonds is 6. The Morgan fingerprint density at radius 1 is 1.08 bits per heavy atom. The minimum Gasteiger partial charge on any atom is -0.382 e. The van der Waals surface area contributed by atoms with E-state index >= 15 is 0 Å². The smallest absolute Gasteiger partial charge is 0.319 e. The van der Waals surface area contributed by atoms with Crippen LogP contribution in [0.2, 0.25) is 0 Å². The number of hydrogen-bond acceptors (Lipinski definition) is 3. The van der Waals surface area contributed by atoms with E-state index in [4.69, 9.17) is 0 Å². The Bertz CT molecular complexity index is 758. The SMILES string of the molecule is Cc1cc(NC(=O)NC(C)CC(C)Nc2c(C)cncc2C)ccc1F. The van der Waals surface area contributed by atoms with E-state index in [-0.39, 0.29) is 23.9 Å². The van der Waals surface area contributed by atoms with Gasteiger partial charge in [-0.3, -0.25) is 4.98 Å². The Hall–Kier alpha value is -2.63. The van der Waals surface area contributed by atoms with E-state index in [9.17, 15) is 9.18 Å². The van der Waals surface area contributed by atoms with Crippen LogP contribution < -0.4 is 16.0 Å². The molecule has 2 amide bonds. The Labute approximate surface area is 154 Å². The Balaban J connectivity index is 1.86. The number of urea groups is 1. The topological polar surface area (TPSA) is 66.1 Å². The number of benzene rings is 1. The molecule has 0 aliphatic carbocycles. The zero-order valence-corrected chi connectivity index (χ0v) is 16.0. The van der Waals surface area contributed by atoms with Crippen molar-refractivity contribution >= 4 is 17.4 Å². The van der Waals surface area contributed by atoms with Gasteiger partial charge in [0, 0.05) is 35.9 Å². The molecule has 2 aromatic rings. The highest BCUT2D eigenvalue weighted by molar-refractivity contribution is 5.89. The summed E-state index contributed by atoms with van der Waals surface area (Å²) in [7, 11) is 0. The minimum absolute atomic E-state index is 0.0264. The first-order valence-corrected chi connectivity index (χ1v) is 8.77. The Kier molecular flexibility index (Phi) is 6.55. The van der Waals surface area contributed by atoms with Gasteiger partial charge in [-0.25, -0.2) is 9.18 Å². The van der Waals surface area contributed by atoms with Gasteiger partial charge in [0.15, 0.2) is 0 Å². The van der Waals surface area contributed by atoms with Crippen molar-refractivity contribution in [3.05, 3.63) is 53.1 Å². The predicted molar refractivity (Wildman–Crippen MR) is 104 cm³/mol. The van der Waals surface area contributed by atoms with Crippen molar-refractivity contribution in [1.29, 1.82) is 0 Å². The molecule has 0 saturated heterocycles. The molecule has 0 aliphatic heterocycles. The van der Waals surface area contributed by atoms with Crippen LogP contribution in [-0.2, 0) is 0 Å². The fourth-order valence-electron chi connectivity index (χ4n) is 2.94. The fourth-order valence-corrected chi connectivity index (χ4v) is 2.94. The number of nitrogens with zero attached hydrogens (tertiary/aromatic N) is 1. The standard InChI is InChI=1S/C20H27FN4O/c1-12-8-17(6-7-18(12)21)25-20(26)24-16(5)9-15(4)23-19-13(2)10-22-11-14(19)3/h6-8,10-11,15-16H,9H2,1-5H3,(H,22,23)(H2,24,25,26). The zero-order chi connectivity index (χ0) is 19.3. The van der Waals surface area contributed by atoms with Gasteiger partial charge < -0.3 is 16.0 Å². The lowest BCUT2D eigenvalue weighted by Gasteiger charge is -2.22. The molecule has 2 unspecified atom stereocenters. The quantitative estimate of drug-likeness (QED) is 0.710. The average molecular weight is 358 g/mol. The van der Waals surface area contributed by atoms with E-state index < -0.39 is 0 Å². The summed E-state index contributed by atoms with van der Waals surface area (Å²) in [6.07, 6.45) is 4.43. The van der Waals surface area contributed by atoms with E-state index in [1.807, 2.05) is 33.2 Å². The number of aryl methyl sites for hydroxylation is 3. The highest BCUT2D eigenvalue weighted by Gasteiger charge is 2.13. The lowest BCUT2D eigenvalue weighted by molar-refractivity contribution is 0.248. The molecule has 1 heterocycles. The van der Waals surface area contributed by atoms with Gasteiger partial charge in [0.25, 0.3) is 0 Å². The van der Waals surface area contributed by atoms with Crippen molar-refractivity contribution in [2.75, 3.05) is 10.6 Å². The van der Waals surface area contributed by atoms with Crippen molar-refractivity contribution < 1.29 is 9.18 Å². The highest BCUT2D eigenvalue weighted by atomic mass is 19.1. The summed E-state index contributed by atoms with van der Waals surface area (Å²) in [4.78, 5) is 16.3. The average Bonchev–Trinajstić information content (AvgIpc) is 2.54. The second-order valence-electron chi connectivity index (χ2n) is 6.89. The summed E-state index contributed by atoms with van der Waals surface area (Å²) in [6.45, 7) is 9.75. The molecule has 5 nitrogen and oxygen atoms in total. The maximum atomic E-state index is 13.3. The third-order valence-corrected chi connectivity index (χ3v) is 4.22. The molecule has 0 aliphatic rings. The van der Waals surface area contributed by atoms with Gasteiger partial charge in [-0.05, 0) is 75.9 Å². The van der Waals surface area contributed by atoms with E-state index in [0.29, 0.717) is 11.3 Å². The third kappa shape index (κ3) is 5.44. The molecule has 3 N–H and O–H groups in total. The summed E-state index contributed by atoms with van der Waals surface area (Å²) in [5, 5.41) is 9.14. The van der Waals surface area contributed by atoms with Crippen LogP contribution in [0.5, 0.6) is 0 Å². The fraction of sp³-hybridized carbons (Fsp3) is 0.400. The molecule has 0 saturated carbocycles. The first-order chi connectivity index (χ1) is 12.3. The van der Waals surface area contributed by atoms with Crippen LogP contribution in [0.25, 0.3) is 0 Å². The number of amides is 2. The lowest BCUT2D eigenvalue weighted by atomic mass is 10.1. The van der Waals surface area contributed by atoms with Crippen LogP contribution >= 0.6 is 0 Å². The molecule has 26 heavy (non-hydrogen) atoms. The minimum atomic E-state index is -0.299. The molecule has 0 bridgehead atoms. The molecule has 0 fully saturated rings. The van der Waals surface area contributed by atoms with Gasteiger partial charge >= 0.3 is 6.03 Å². The number of anilines is 2. The number of nitrogens with one attached hydrogen (secondary N) is 3. The number of carbonyl (C=O) groups excluding carboxylic acids is 1. The summed E-state index contributed by atoms with van der Waals surface area (Å²) in [5.41, 5.74) is 4.36. The molecule has 6 heteroatoms. The summed E-state index contributed by atoms with van der Waals surface area (Å²) < 4.78 is 13.3. The second-order valence-corrected chi connectivity index (χ2v) is 6.89. The van der Waals surface area contributed by atoms with Crippen LogP contribution in [0.4, 0.5) is 20.6 Å². The van der Waals surface area contributed by atoms with Gasteiger partial charge in [0.1, 0.15) is 5.82 Å². The van der Waals surface area contributed by atoms with Crippen molar-refractivity contribution in [3.63, 3.8) is 0 Å². The molecular weight excluding hydrogens is 331 g/mol. The highest BCUT2D eigenvalue weighted by Crippen LogP contribution is 2.20. The first kappa shape index (κ1) is 19.7. The molecule has 2 atom stereocenters. The Morgan fingerprint density at radius 2 is 1.73 bits per heavy atom. The molecule has 2 rings (SSSR count). The monoisotopic (exact) mass is 358 g/mol. The van der Waals surface area contributed by atoms with E-state index in [1.54, 1.807) is 19.1 Å². The van der Waals surface area contributed by atoms with Gasteiger partial charge in [-0.2, -0.15) is 0 Å². The summed E-state index contributed by atoms with van der Waals surface area (Å²) in [5.74, 6) is -0.286. The maximum Gasteiger partial charge on any atom is 0.319 e. The summed E-state index contributed by atoms with van der Waals surface area (Å²) in [6, 6.07) is 4.36. The number of hydrogen-bond donors (Lipinski definition) is 3. The predicted octanol–water partition coefficient (Wildman–Crippen LogP) is 4.55. The molecule has 1 aromatic heterocycles. The van der Waals surface area contributed by atoms with Gasteiger partial charge in [0.2, 0.25) is 0 Å². The van der Waals surface area contributed by atoms with Gasteiger partial charge in [-0.15, -0.1) is 0 Å². The van der Waals surface area contributed by atoms with E-state index in [1.165, 1.54) is 6.07 Å². The van der Waals surface area contributed by atoms with Crippen molar-refractivity contribution in [1.82, 2.24) is 10.3 Å². The molecule has 0 radical (unpaired) electrons. The van der Waals surface area contributed by atoms with Gasteiger partial charge in [0.05, 0.1) is 0 Å². The normalized spacial score (nSPS) is 13.0. The van der Waals surface area contributed by atoms with Crippen molar-refractivity contribution in [2.24, 2.45) is 0 Å². The van der Waals surface area contributed by atoms with Crippen LogP contribution in [0.15, 0.2) is 30.6 Å². The largest absolute Gasteiger partial charge is 0.382 e. The lowest BCUT2D eigenvalue weighted by Crippen LogP contribution is -2.39. The zero-order valence-electron chi connectivity index (χ0n) is 16.0. The molecule has 1 aromatic carbocycles.